The summed E-state index contributed by atoms with van der Waals surface area (Å²) in [6.45, 7) is 1.72. The van der Waals surface area contributed by atoms with Gasteiger partial charge in [0.2, 0.25) is 0 Å². The lowest BCUT2D eigenvalue weighted by Gasteiger charge is -2.34. The number of carbonyl (C=O) groups excluding carboxylic acids is 1. The number of ether oxygens (including phenoxy) is 1. The molecule has 0 radical (unpaired) electrons. The van der Waals surface area contributed by atoms with E-state index in [0.29, 0.717) is 31.1 Å². The summed E-state index contributed by atoms with van der Waals surface area (Å²) in [6, 6.07) is 9.91. The molecule has 1 aliphatic rings. The van der Waals surface area contributed by atoms with Crippen LogP contribution < -0.4 is 5.32 Å². The minimum Gasteiger partial charge on any atom is -0.381 e. The number of aromatic nitrogens is 1. The number of anilines is 1. The van der Waals surface area contributed by atoms with Crippen LogP contribution >= 0.6 is 0 Å². The number of hydrogen-bond acceptors (Lipinski definition) is 4. The molecule has 25 heavy (non-hydrogen) atoms. The monoisotopic (exact) mass is 343 g/mol. The van der Waals surface area contributed by atoms with Crippen LogP contribution in [-0.4, -0.2) is 42.1 Å². The van der Waals surface area contributed by atoms with E-state index in [2.05, 4.69) is 10.3 Å². The van der Waals surface area contributed by atoms with Gasteiger partial charge in [-0.15, -0.1) is 0 Å². The van der Waals surface area contributed by atoms with Gasteiger partial charge in [0.05, 0.1) is 5.56 Å². The van der Waals surface area contributed by atoms with Crippen molar-refractivity contribution in [2.45, 2.75) is 25.4 Å². The fourth-order valence-electron chi connectivity index (χ4n) is 3.08. The summed E-state index contributed by atoms with van der Waals surface area (Å²) in [7, 11) is 1.75. The molecular weight excluding hydrogens is 321 g/mol. The van der Waals surface area contributed by atoms with E-state index in [1.54, 1.807) is 37.5 Å². The predicted octanol–water partition coefficient (Wildman–Crippen LogP) is 3.08. The first-order valence-corrected chi connectivity index (χ1v) is 8.45. The van der Waals surface area contributed by atoms with Crippen LogP contribution in [0.1, 0.15) is 28.8 Å². The molecule has 1 N–H and O–H groups in total. The van der Waals surface area contributed by atoms with Crippen LogP contribution in [0, 0.1) is 5.82 Å². The van der Waals surface area contributed by atoms with Gasteiger partial charge in [-0.2, -0.15) is 0 Å². The van der Waals surface area contributed by atoms with Gasteiger partial charge < -0.3 is 15.0 Å². The van der Waals surface area contributed by atoms with E-state index in [-0.39, 0.29) is 17.8 Å². The first-order chi connectivity index (χ1) is 12.2. The van der Waals surface area contributed by atoms with E-state index in [0.717, 1.165) is 18.4 Å². The zero-order chi connectivity index (χ0) is 17.6. The van der Waals surface area contributed by atoms with Gasteiger partial charge in [-0.05, 0) is 42.7 Å². The van der Waals surface area contributed by atoms with Gasteiger partial charge >= 0.3 is 0 Å². The molecule has 1 saturated heterocycles. The molecule has 0 aliphatic carbocycles. The maximum Gasteiger partial charge on any atom is 0.258 e. The molecule has 132 valence electrons. The molecule has 3 rings (SSSR count). The Labute approximate surface area is 146 Å². The van der Waals surface area contributed by atoms with Gasteiger partial charge in [0, 0.05) is 39.0 Å². The van der Waals surface area contributed by atoms with E-state index in [1.807, 2.05) is 4.90 Å². The fraction of sp³-hybridized carbons (Fsp3) is 0.368. The highest BCUT2D eigenvalue weighted by Crippen LogP contribution is 2.23. The average Bonchev–Trinajstić information content (AvgIpc) is 2.67. The van der Waals surface area contributed by atoms with E-state index in [4.69, 9.17) is 4.74 Å². The molecule has 1 aliphatic heterocycles. The van der Waals surface area contributed by atoms with Crippen molar-refractivity contribution >= 4 is 11.7 Å². The number of amides is 1. The third-order valence-corrected chi connectivity index (χ3v) is 4.43. The van der Waals surface area contributed by atoms with Gasteiger partial charge in [0.15, 0.2) is 0 Å². The highest BCUT2D eigenvalue weighted by Gasteiger charge is 2.28. The van der Waals surface area contributed by atoms with Gasteiger partial charge in [0.25, 0.3) is 5.91 Å². The molecule has 1 aromatic carbocycles. The third-order valence-electron chi connectivity index (χ3n) is 4.43. The van der Waals surface area contributed by atoms with Crippen LogP contribution in [-0.2, 0) is 11.3 Å². The van der Waals surface area contributed by atoms with Crippen LogP contribution in [0.2, 0.25) is 0 Å². The number of nitrogens with zero attached hydrogens (tertiary/aromatic N) is 2. The molecule has 0 saturated carbocycles. The Morgan fingerprint density at radius 1 is 1.28 bits per heavy atom. The maximum absolute atomic E-state index is 13.2. The fourth-order valence-corrected chi connectivity index (χ4v) is 3.08. The van der Waals surface area contributed by atoms with Crippen molar-refractivity contribution in [2.24, 2.45) is 0 Å². The minimum absolute atomic E-state index is 0.0753. The molecule has 2 heterocycles. The van der Waals surface area contributed by atoms with E-state index >= 15 is 0 Å². The average molecular weight is 343 g/mol. The van der Waals surface area contributed by atoms with E-state index < -0.39 is 0 Å². The van der Waals surface area contributed by atoms with Crippen molar-refractivity contribution in [3.8, 4) is 0 Å². The number of nitrogens with one attached hydrogen (secondary N) is 1. The smallest absolute Gasteiger partial charge is 0.258 e. The number of rotatable bonds is 5. The molecule has 1 aromatic heterocycles. The third kappa shape index (κ3) is 4.14. The zero-order valence-corrected chi connectivity index (χ0v) is 14.2. The summed E-state index contributed by atoms with van der Waals surface area (Å²) in [5, 5.41) is 2.97. The highest BCUT2D eigenvalue weighted by atomic mass is 19.1. The highest BCUT2D eigenvalue weighted by molar-refractivity contribution is 5.98. The molecule has 1 fully saturated rings. The van der Waals surface area contributed by atoms with Crippen molar-refractivity contribution in [1.82, 2.24) is 9.88 Å². The molecule has 6 heteroatoms. The Balaban J connectivity index is 1.89. The summed E-state index contributed by atoms with van der Waals surface area (Å²) in [6.07, 6.45) is 3.24. The lowest BCUT2D eigenvalue weighted by molar-refractivity contribution is 0.0267. The SMILES string of the molecule is CNc1ncccc1C(=O)N(Cc1ccc(F)cc1)C1CCOCC1. The normalized spacial score (nSPS) is 15.0. The molecule has 2 aromatic rings. The molecular formula is C19H22FN3O2. The van der Waals surface area contributed by atoms with Crippen LogP contribution in [0.15, 0.2) is 42.6 Å². The van der Waals surface area contributed by atoms with E-state index in [9.17, 15) is 9.18 Å². The summed E-state index contributed by atoms with van der Waals surface area (Å²) in [5.41, 5.74) is 1.44. The van der Waals surface area contributed by atoms with Crippen molar-refractivity contribution < 1.29 is 13.9 Å². The molecule has 1 amide bonds. The van der Waals surface area contributed by atoms with Gasteiger partial charge in [-0.25, -0.2) is 9.37 Å². The van der Waals surface area contributed by atoms with E-state index in [1.165, 1.54) is 12.1 Å². The Hall–Kier alpha value is -2.47. The number of carbonyl (C=O) groups is 1. The standard InChI is InChI=1S/C19H22FN3O2/c1-21-18-17(3-2-10-22-18)19(24)23(16-8-11-25-12-9-16)13-14-4-6-15(20)7-5-14/h2-7,10,16H,8-9,11-13H2,1H3,(H,21,22). The predicted molar refractivity (Wildman–Crippen MR) is 93.9 cm³/mol. The van der Waals surface area contributed by atoms with Crippen molar-refractivity contribution in [3.05, 3.63) is 59.5 Å². The number of benzene rings is 1. The quantitative estimate of drug-likeness (QED) is 0.906. The molecule has 0 unspecified atom stereocenters. The van der Waals surface area contributed by atoms with Crippen LogP contribution in [0.25, 0.3) is 0 Å². The summed E-state index contributed by atoms with van der Waals surface area (Å²) in [5.74, 6) is 0.203. The zero-order valence-electron chi connectivity index (χ0n) is 14.2. The second-order valence-corrected chi connectivity index (χ2v) is 6.05. The van der Waals surface area contributed by atoms with Crippen LogP contribution in [0.5, 0.6) is 0 Å². The Morgan fingerprint density at radius 2 is 2.00 bits per heavy atom. The number of halogens is 1. The van der Waals surface area contributed by atoms with Crippen molar-refractivity contribution in [1.29, 1.82) is 0 Å². The minimum atomic E-state index is -0.280. The summed E-state index contributed by atoms with van der Waals surface area (Å²) < 4.78 is 18.6. The van der Waals surface area contributed by atoms with Crippen LogP contribution in [0.3, 0.4) is 0 Å². The van der Waals surface area contributed by atoms with Crippen molar-refractivity contribution in [2.75, 3.05) is 25.6 Å². The largest absolute Gasteiger partial charge is 0.381 e. The second-order valence-electron chi connectivity index (χ2n) is 6.05. The number of hydrogen-bond donors (Lipinski definition) is 1. The Bertz CT molecular complexity index is 715. The summed E-state index contributed by atoms with van der Waals surface area (Å²) >= 11 is 0. The molecule has 5 nitrogen and oxygen atoms in total. The molecule has 0 bridgehead atoms. The lowest BCUT2D eigenvalue weighted by atomic mass is 10.0. The first kappa shape index (κ1) is 17.4. The Morgan fingerprint density at radius 3 is 2.68 bits per heavy atom. The summed E-state index contributed by atoms with van der Waals surface area (Å²) in [4.78, 5) is 19.3. The van der Waals surface area contributed by atoms with Gasteiger partial charge in [-0.1, -0.05) is 12.1 Å². The second kappa shape index (κ2) is 8.07. The molecule has 0 atom stereocenters. The lowest BCUT2D eigenvalue weighted by Crippen LogP contribution is -2.43. The van der Waals surface area contributed by atoms with Crippen molar-refractivity contribution in [3.63, 3.8) is 0 Å². The number of pyridine rings is 1. The Kier molecular flexibility index (Phi) is 5.60. The van der Waals surface area contributed by atoms with Gasteiger partial charge in [-0.3, -0.25) is 4.79 Å². The topological polar surface area (TPSA) is 54.5 Å². The molecule has 0 spiro atoms. The van der Waals surface area contributed by atoms with Crippen LogP contribution in [0.4, 0.5) is 10.2 Å². The maximum atomic E-state index is 13.2. The van der Waals surface area contributed by atoms with Gasteiger partial charge in [0.1, 0.15) is 11.6 Å². The first-order valence-electron chi connectivity index (χ1n) is 8.45.